The molecule has 0 unspecified atom stereocenters. The lowest BCUT2D eigenvalue weighted by Gasteiger charge is -2.06. The first-order valence-electron chi connectivity index (χ1n) is 5.39. The first-order chi connectivity index (χ1) is 8.54. The van der Waals surface area contributed by atoms with E-state index in [0.717, 1.165) is 0 Å². The summed E-state index contributed by atoms with van der Waals surface area (Å²) in [5.41, 5.74) is 5.92. The lowest BCUT2D eigenvalue weighted by Crippen LogP contribution is -2.12. The third-order valence-electron chi connectivity index (χ3n) is 2.34. The van der Waals surface area contributed by atoms with E-state index in [0.29, 0.717) is 30.8 Å². The number of rotatable bonds is 6. The highest BCUT2D eigenvalue weighted by Crippen LogP contribution is 2.23. The van der Waals surface area contributed by atoms with Crippen molar-refractivity contribution in [1.29, 1.82) is 0 Å². The van der Waals surface area contributed by atoms with E-state index in [-0.39, 0.29) is 11.5 Å². The van der Waals surface area contributed by atoms with Gasteiger partial charge in [-0.2, -0.15) is 0 Å². The Balaban J connectivity index is 2.49. The lowest BCUT2D eigenvalue weighted by atomic mass is 10.2. The van der Waals surface area contributed by atoms with Crippen molar-refractivity contribution in [3.63, 3.8) is 0 Å². The van der Waals surface area contributed by atoms with Crippen molar-refractivity contribution in [2.45, 2.75) is 19.8 Å². The van der Waals surface area contributed by atoms with Crippen LogP contribution in [0.5, 0.6) is 5.75 Å². The van der Waals surface area contributed by atoms with Crippen molar-refractivity contribution in [2.75, 3.05) is 6.61 Å². The second kappa shape index (κ2) is 6.43. The molecule has 0 aromatic heterocycles. The van der Waals surface area contributed by atoms with Crippen LogP contribution in [0.2, 0.25) is 0 Å². The van der Waals surface area contributed by atoms with E-state index in [4.69, 9.17) is 15.7 Å². The molecular weight excluding hydrogens is 238 g/mol. The predicted octanol–water partition coefficient (Wildman–Crippen LogP) is 1.81. The van der Waals surface area contributed by atoms with Crippen molar-refractivity contribution in [1.82, 2.24) is 0 Å². The molecule has 1 rings (SSSR count). The van der Waals surface area contributed by atoms with Crippen LogP contribution in [0, 0.1) is 17.0 Å². The van der Waals surface area contributed by atoms with Gasteiger partial charge in [-0.25, -0.2) is 0 Å². The number of benzene rings is 1. The van der Waals surface area contributed by atoms with Crippen molar-refractivity contribution in [2.24, 2.45) is 10.9 Å². The Kier molecular flexibility index (Phi) is 4.91. The summed E-state index contributed by atoms with van der Waals surface area (Å²) >= 11 is 0. The second-order valence-corrected chi connectivity index (χ2v) is 3.75. The van der Waals surface area contributed by atoms with Crippen LogP contribution in [0.1, 0.15) is 18.4 Å². The Bertz CT molecular complexity index is 460. The van der Waals surface area contributed by atoms with Crippen LogP contribution in [0.4, 0.5) is 5.69 Å². The largest absolute Gasteiger partial charge is 0.494 e. The molecule has 7 nitrogen and oxygen atoms in total. The van der Waals surface area contributed by atoms with Gasteiger partial charge in [0.15, 0.2) is 0 Å². The number of oxime groups is 1. The molecule has 0 heterocycles. The molecule has 0 radical (unpaired) electrons. The number of hydrogen-bond donors (Lipinski definition) is 2. The van der Waals surface area contributed by atoms with Gasteiger partial charge >= 0.3 is 0 Å². The van der Waals surface area contributed by atoms with E-state index < -0.39 is 4.92 Å². The molecule has 0 aliphatic heterocycles. The fourth-order valence-corrected chi connectivity index (χ4v) is 1.42. The van der Waals surface area contributed by atoms with Gasteiger partial charge in [0, 0.05) is 18.1 Å². The number of amidine groups is 1. The van der Waals surface area contributed by atoms with Gasteiger partial charge in [0.2, 0.25) is 0 Å². The van der Waals surface area contributed by atoms with Crippen LogP contribution in [0.25, 0.3) is 0 Å². The maximum absolute atomic E-state index is 10.6. The van der Waals surface area contributed by atoms with Crippen molar-refractivity contribution in [3.8, 4) is 5.75 Å². The monoisotopic (exact) mass is 253 g/mol. The average Bonchev–Trinajstić information content (AvgIpc) is 2.34. The number of nitro benzene ring substituents is 1. The van der Waals surface area contributed by atoms with E-state index in [1.807, 2.05) is 0 Å². The quantitative estimate of drug-likeness (QED) is 0.200. The Morgan fingerprint density at radius 2 is 2.33 bits per heavy atom. The summed E-state index contributed by atoms with van der Waals surface area (Å²) in [5, 5.41) is 21.8. The number of aryl methyl sites for hydroxylation is 1. The standard InChI is InChI=1S/C11H15N3O4/c1-8-7-9(4-5-10(8)14(16)17)18-6-2-3-11(12)13-15/h4-5,7,15H,2-3,6H2,1H3,(H2,12,13). The fourth-order valence-electron chi connectivity index (χ4n) is 1.42. The Hall–Kier alpha value is -2.31. The van der Waals surface area contributed by atoms with Crippen LogP contribution >= 0.6 is 0 Å². The highest BCUT2D eigenvalue weighted by atomic mass is 16.6. The molecule has 1 aromatic rings. The lowest BCUT2D eigenvalue weighted by molar-refractivity contribution is -0.385. The van der Waals surface area contributed by atoms with Gasteiger partial charge in [-0.05, 0) is 25.5 Å². The number of nitrogens with zero attached hydrogens (tertiary/aromatic N) is 2. The first-order valence-corrected chi connectivity index (χ1v) is 5.39. The summed E-state index contributed by atoms with van der Waals surface area (Å²) in [4.78, 5) is 10.2. The molecule has 0 atom stereocenters. The SMILES string of the molecule is Cc1cc(OCCC/C(N)=N/O)ccc1[N+](=O)[O-]. The number of nitrogens with two attached hydrogens (primary N) is 1. The van der Waals surface area contributed by atoms with Crippen molar-refractivity contribution >= 4 is 11.5 Å². The van der Waals surface area contributed by atoms with E-state index in [9.17, 15) is 10.1 Å². The third-order valence-corrected chi connectivity index (χ3v) is 2.34. The summed E-state index contributed by atoms with van der Waals surface area (Å²) < 4.78 is 5.40. The smallest absolute Gasteiger partial charge is 0.272 e. The summed E-state index contributed by atoms with van der Waals surface area (Å²) in [7, 11) is 0. The number of hydrogen-bond acceptors (Lipinski definition) is 5. The fraction of sp³-hybridized carbons (Fsp3) is 0.364. The minimum absolute atomic E-state index is 0.0685. The Labute approximate surface area is 104 Å². The minimum atomic E-state index is -0.433. The van der Waals surface area contributed by atoms with Gasteiger partial charge in [-0.1, -0.05) is 5.16 Å². The third kappa shape index (κ3) is 3.93. The van der Waals surface area contributed by atoms with Crippen molar-refractivity contribution in [3.05, 3.63) is 33.9 Å². The zero-order valence-corrected chi connectivity index (χ0v) is 10.00. The van der Waals surface area contributed by atoms with E-state index in [1.54, 1.807) is 19.1 Å². The summed E-state index contributed by atoms with van der Waals surface area (Å²) in [6.45, 7) is 2.05. The highest BCUT2D eigenvalue weighted by Gasteiger charge is 2.10. The Morgan fingerprint density at radius 3 is 2.89 bits per heavy atom. The molecule has 0 saturated carbocycles. The van der Waals surface area contributed by atoms with Gasteiger partial charge in [0.25, 0.3) is 5.69 Å². The van der Waals surface area contributed by atoms with Crippen LogP contribution in [-0.4, -0.2) is 22.6 Å². The first kappa shape index (κ1) is 13.8. The molecule has 0 fully saturated rings. The average molecular weight is 253 g/mol. The number of ether oxygens (including phenoxy) is 1. The minimum Gasteiger partial charge on any atom is -0.494 e. The summed E-state index contributed by atoms with van der Waals surface area (Å²) in [5.74, 6) is 0.719. The molecule has 7 heteroatoms. The molecule has 0 aliphatic carbocycles. The maximum Gasteiger partial charge on any atom is 0.272 e. The molecule has 98 valence electrons. The van der Waals surface area contributed by atoms with Gasteiger partial charge in [0.1, 0.15) is 11.6 Å². The van der Waals surface area contributed by atoms with Crippen LogP contribution in [0.15, 0.2) is 23.4 Å². The molecule has 0 spiro atoms. The normalized spacial score (nSPS) is 11.3. The maximum atomic E-state index is 10.6. The van der Waals surface area contributed by atoms with Crippen molar-refractivity contribution < 1.29 is 14.9 Å². The summed E-state index contributed by atoms with van der Waals surface area (Å²) in [6.07, 6.45) is 1.04. The predicted molar refractivity (Wildman–Crippen MR) is 66.0 cm³/mol. The van der Waals surface area contributed by atoms with E-state index in [2.05, 4.69) is 5.16 Å². The summed E-state index contributed by atoms with van der Waals surface area (Å²) in [6, 6.07) is 4.57. The van der Waals surface area contributed by atoms with Crippen LogP contribution in [-0.2, 0) is 0 Å². The zero-order valence-electron chi connectivity index (χ0n) is 10.00. The number of nitro groups is 1. The second-order valence-electron chi connectivity index (χ2n) is 3.75. The van der Waals surface area contributed by atoms with Crippen LogP contribution in [0.3, 0.4) is 0 Å². The van der Waals surface area contributed by atoms with Crippen LogP contribution < -0.4 is 10.5 Å². The topological polar surface area (TPSA) is 111 Å². The van der Waals surface area contributed by atoms with Gasteiger partial charge in [0.05, 0.1) is 11.5 Å². The Morgan fingerprint density at radius 1 is 1.61 bits per heavy atom. The van der Waals surface area contributed by atoms with E-state index >= 15 is 0 Å². The molecule has 0 amide bonds. The molecule has 18 heavy (non-hydrogen) atoms. The molecule has 0 aliphatic rings. The van der Waals surface area contributed by atoms with Gasteiger partial charge in [-0.3, -0.25) is 10.1 Å². The van der Waals surface area contributed by atoms with Gasteiger partial charge < -0.3 is 15.7 Å². The van der Waals surface area contributed by atoms with E-state index in [1.165, 1.54) is 6.07 Å². The molecule has 3 N–H and O–H groups in total. The highest BCUT2D eigenvalue weighted by molar-refractivity contribution is 5.79. The van der Waals surface area contributed by atoms with Gasteiger partial charge in [-0.15, -0.1) is 0 Å². The zero-order chi connectivity index (χ0) is 13.5. The molecule has 0 saturated heterocycles. The molecule has 1 aromatic carbocycles. The molecule has 0 bridgehead atoms. The molecular formula is C11H15N3O4.